The second-order valence-electron chi connectivity index (χ2n) is 7.92. The van der Waals surface area contributed by atoms with Crippen LogP contribution in [0.3, 0.4) is 0 Å². The van der Waals surface area contributed by atoms with Gasteiger partial charge >= 0.3 is 0 Å². The molecule has 0 amide bonds. The summed E-state index contributed by atoms with van der Waals surface area (Å²) in [5.74, 6) is 0. The lowest BCUT2D eigenvalue weighted by molar-refractivity contribution is 0.632. The Kier molecular flexibility index (Phi) is 3.84. The van der Waals surface area contributed by atoms with Gasteiger partial charge in [0.2, 0.25) is 0 Å². The lowest BCUT2D eigenvalue weighted by Gasteiger charge is -2.42. The van der Waals surface area contributed by atoms with E-state index in [1.807, 2.05) is 36.4 Å². The third-order valence-electron chi connectivity index (χ3n) is 5.72. The molecule has 1 nitrogen and oxygen atoms in total. The fourth-order valence-corrected chi connectivity index (χ4v) is 4.69. The normalized spacial score (nSPS) is 15.6. The number of rotatable bonds is 2. The molecule has 5 rings (SSSR count). The van der Waals surface area contributed by atoms with Crippen LogP contribution in [0.2, 0.25) is 10.0 Å². The standard InChI is InChI=1S/C27H21Cl2N/c1-27(2)23-10-6-7-11-25(23)30(22-8-4-3-5-9-22)26-13-12-18(16-24(26)27)19-14-20(28)17-21(29)15-19/h3-17H,1-2H3/i14D,15D,17D. The molecule has 0 N–H and O–H groups in total. The first-order valence-electron chi connectivity index (χ1n) is 11.3. The van der Waals surface area contributed by atoms with E-state index in [9.17, 15) is 0 Å². The maximum absolute atomic E-state index is 8.50. The Bertz CT molecular complexity index is 1370. The Balaban J connectivity index is 1.80. The SMILES string of the molecule is [2H]c1c(Cl)c([2H])c(-c2ccc3c(c2)C(C)(C)c2ccccc2N3c2ccccc2)c([2H])c1Cl. The molecule has 0 radical (unpaired) electrons. The minimum absolute atomic E-state index is 0.0424. The highest BCUT2D eigenvalue weighted by atomic mass is 35.5. The van der Waals surface area contributed by atoms with Gasteiger partial charge in [-0.1, -0.05) is 79.5 Å². The summed E-state index contributed by atoms with van der Waals surface area (Å²) in [5, 5.41) is -0.0847. The largest absolute Gasteiger partial charge is 0.310 e. The number of hydrogen-bond acceptors (Lipinski definition) is 1. The van der Waals surface area contributed by atoms with Crippen LogP contribution in [0.5, 0.6) is 0 Å². The molecule has 148 valence electrons. The summed E-state index contributed by atoms with van der Waals surface area (Å²) in [6.45, 7) is 4.37. The van der Waals surface area contributed by atoms with Gasteiger partial charge in [-0.2, -0.15) is 0 Å². The monoisotopic (exact) mass is 432 g/mol. The van der Waals surface area contributed by atoms with Crippen LogP contribution in [0.25, 0.3) is 11.1 Å². The summed E-state index contributed by atoms with van der Waals surface area (Å²) in [6, 6.07) is 24.3. The lowest BCUT2D eigenvalue weighted by Crippen LogP contribution is -2.30. The van der Waals surface area contributed by atoms with E-state index in [0.717, 1.165) is 22.6 Å². The van der Waals surface area contributed by atoms with E-state index in [-0.39, 0.29) is 33.6 Å². The number of halogens is 2. The minimum atomic E-state index is -0.319. The van der Waals surface area contributed by atoms with Crippen molar-refractivity contribution in [3.8, 4) is 11.1 Å². The van der Waals surface area contributed by atoms with E-state index in [2.05, 4.69) is 55.1 Å². The lowest BCUT2D eigenvalue weighted by atomic mass is 9.73. The van der Waals surface area contributed by atoms with Crippen LogP contribution in [0.15, 0.2) is 90.9 Å². The molecule has 0 saturated carbocycles. The van der Waals surface area contributed by atoms with Crippen LogP contribution in [-0.4, -0.2) is 0 Å². The molecular weight excluding hydrogens is 409 g/mol. The Morgan fingerprint density at radius 2 is 1.33 bits per heavy atom. The first kappa shape index (κ1) is 16.0. The molecule has 0 unspecified atom stereocenters. The third kappa shape index (κ3) is 3.10. The average Bonchev–Trinajstić information content (AvgIpc) is 2.83. The topological polar surface area (TPSA) is 3.24 Å². The number of fused-ring (bicyclic) bond motifs is 2. The summed E-state index contributed by atoms with van der Waals surface area (Å²) in [7, 11) is 0. The number of benzene rings is 4. The predicted octanol–water partition coefficient (Wildman–Crippen LogP) is 8.77. The first-order chi connectivity index (χ1) is 15.7. The highest BCUT2D eigenvalue weighted by Gasteiger charge is 2.36. The zero-order valence-corrected chi connectivity index (χ0v) is 18.1. The Morgan fingerprint density at radius 3 is 2.07 bits per heavy atom. The molecule has 0 aliphatic carbocycles. The van der Waals surface area contributed by atoms with Gasteiger partial charge in [-0.05, 0) is 70.7 Å². The van der Waals surface area contributed by atoms with E-state index in [4.69, 9.17) is 27.3 Å². The van der Waals surface area contributed by atoms with Crippen LogP contribution in [0, 0.1) is 0 Å². The van der Waals surface area contributed by atoms with Crippen molar-refractivity contribution in [2.24, 2.45) is 0 Å². The van der Waals surface area contributed by atoms with Gasteiger partial charge in [0.25, 0.3) is 0 Å². The molecule has 0 saturated heterocycles. The average molecular weight is 433 g/mol. The Morgan fingerprint density at radius 1 is 0.700 bits per heavy atom. The first-order valence-corrected chi connectivity index (χ1v) is 10.5. The quantitative estimate of drug-likeness (QED) is 0.305. The minimum Gasteiger partial charge on any atom is -0.310 e. The summed E-state index contributed by atoms with van der Waals surface area (Å²) in [5.41, 5.74) is 6.19. The molecule has 1 aliphatic heterocycles. The smallest absolute Gasteiger partial charge is 0.0654 e. The zero-order chi connectivity index (χ0) is 23.5. The molecule has 3 heteroatoms. The zero-order valence-electron chi connectivity index (χ0n) is 19.6. The third-order valence-corrected chi connectivity index (χ3v) is 6.10. The summed E-state index contributed by atoms with van der Waals surface area (Å²) < 4.78 is 25.0. The fourth-order valence-electron chi connectivity index (χ4n) is 4.27. The Hall–Kier alpha value is -2.74. The number of para-hydroxylation sites is 2. The van der Waals surface area contributed by atoms with Crippen LogP contribution in [0.1, 0.15) is 29.1 Å². The van der Waals surface area contributed by atoms with Crippen LogP contribution in [0.4, 0.5) is 17.1 Å². The van der Waals surface area contributed by atoms with Gasteiger partial charge in [0.1, 0.15) is 0 Å². The van der Waals surface area contributed by atoms with Gasteiger partial charge in [-0.3, -0.25) is 0 Å². The van der Waals surface area contributed by atoms with Crippen LogP contribution < -0.4 is 4.90 Å². The molecule has 4 aromatic carbocycles. The second kappa shape index (κ2) is 7.19. The molecule has 0 bridgehead atoms. The summed E-state index contributed by atoms with van der Waals surface area (Å²) in [6.07, 6.45) is 0. The summed E-state index contributed by atoms with van der Waals surface area (Å²) >= 11 is 12.5. The van der Waals surface area contributed by atoms with Gasteiger partial charge in [0, 0.05) is 21.1 Å². The van der Waals surface area contributed by atoms with Crippen molar-refractivity contribution in [2.75, 3.05) is 4.90 Å². The van der Waals surface area contributed by atoms with Crippen molar-refractivity contribution in [3.05, 3.63) is 112 Å². The molecule has 1 heterocycles. The van der Waals surface area contributed by atoms with Crippen molar-refractivity contribution in [2.45, 2.75) is 19.3 Å². The van der Waals surface area contributed by atoms with E-state index in [1.54, 1.807) is 0 Å². The van der Waals surface area contributed by atoms with Gasteiger partial charge < -0.3 is 4.90 Å². The highest BCUT2D eigenvalue weighted by molar-refractivity contribution is 6.35. The Labute approximate surface area is 191 Å². The molecule has 0 atom stereocenters. The van der Waals surface area contributed by atoms with Crippen molar-refractivity contribution in [1.29, 1.82) is 0 Å². The molecule has 0 fully saturated rings. The molecule has 1 aliphatic rings. The molecule has 0 spiro atoms. The fraction of sp³-hybridized carbons (Fsp3) is 0.111. The van der Waals surface area contributed by atoms with E-state index in [1.165, 1.54) is 5.56 Å². The number of anilines is 3. The molecule has 30 heavy (non-hydrogen) atoms. The van der Waals surface area contributed by atoms with E-state index >= 15 is 0 Å². The van der Waals surface area contributed by atoms with Crippen molar-refractivity contribution < 1.29 is 4.11 Å². The van der Waals surface area contributed by atoms with Crippen LogP contribution in [-0.2, 0) is 5.41 Å². The van der Waals surface area contributed by atoms with Crippen molar-refractivity contribution in [1.82, 2.24) is 0 Å². The van der Waals surface area contributed by atoms with Crippen LogP contribution >= 0.6 is 23.2 Å². The second-order valence-corrected chi connectivity index (χ2v) is 8.68. The summed E-state index contributed by atoms with van der Waals surface area (Å²) in [4.78, 5) is 2.25. The maximum atomic E-state index is 8.50. The number of nitrogens with zero attached hydrogens (tertiary/aromatic N) is 1. The molecule has 0 aromatic heterocycles. The van der Waals surface area contributed by atoms with E-state index in [0.29, 0.717) is 11.1 Å². The van der Waals surface area contributed by atoms with Gasteiger partial charge in [-0.25, -0.2) is 0 Å². The van der Waals surface area contributed by atoms with Crippen molar-refractivity contribution in [3.63, 3.8) is 0 Å². The molecular formula is C27H21Cl2N. The number of hydrogen-bond donors (Lipinski definition) is 0. The molecule has 4 aromatic rings. The highest BCUT2D eigenvalue weighted by Crippen LogP contribution is 2.52. The van der Waals surface area contributed by atoms with Crippen molar-refractivity contribution >= 4 is 40.3 Å². The predicted molar refractivity (Wildman–Crippen MR) is 129 cm³/mol. The van der Waals surface area contributed by atoms with Gasteiger partial charge in [0.15, 0.2) is 0 Å². The maximum Gasteiger partial charge on any atom is 0.0654 e. The van der Waals surface area contributed by atoms with E-state index < -0.39 is 0 Å². The van der Waals surface area contributed by atoms with Gasteiger partial charge in [-0.15, -0.1) is 0 Å². The van der Waals surface area contributed by atoms with Gasteiger partial charge in [0.05, 0.1) is 15.5 Å².